The van der Waals surface area contributed by atoms with E-state index in [4.69, 9.17) is 0 Å². The molecule has 308 valence electrons. The number of carbonyl (C=O) groups is 5. The summed E-state index contributed by atoms with van der Waals surface area (Å²) in [6.07, 6.45) is 15.1. The van der Waals surface area contributed by atoms with Gasteiger partial charge in [-0.3, -0.25) is 39.2 Å². The quantitative estimate of drug-likeness (QED) is 0.106. The summed E-state index contributed by atoms with van der Waals surface area (Å²) >= 11 is 0. The van der Waals surface area contributed by atoms with Crippen LogP contribution in [0.5, 0.6) is 0 Å². The molecule has 2 N–H and O–H groups in total. The summed E-state index contributed by atoms with van der Waals surface area (Å²) in [6, 6.07) is 12.4. The molecule has 0 spiro atoms. The average molecular weight is 800 g/mol. The number of benzene rings is 1. The molecular weight excluding hydrogens is 747 g/mol. The number of nitrogens with one attached hydrogen (secondary N) is 2. The maximum Gasteiger partial charge on any atom is 0.274 e. The molecule has 6 heterocycles. The van der Waals surface area contributed by atoms with Gasteiger partial charge in [0.15, 0.2) is 11.5 Å². The Balaban J connectivity index is 0.753. The lowest BCUT2D eigenvalue weighted by atomic mass is 9.91. The van der Waals surface area contributed by atoms with Crippen LogP contribution in [0, 0.1) is 17.8 Å². The van der Waals surface area contributed by atoms with Gasteiger partial charge >= 0.3 is 0 Å². The molecule has 3 saturated heterocycles. The molecule has 2 aromatic heterocycles. The van der Waals surface area contributed by atoms with E-state index >= 15 is 0 Å². The number of rotatable bonds is 14. The number of amides is 5. The monoisotopic (exact) mass is 799 g/mol. The van der Waals surface area contributed by atoms with Crippen molar-refractivity contribution >= 4 is 41.4 Å². The van der Waals surface area contributed by atoms with Crippen LogP contribution in [0.1, 0.15) is 102 Å². The number of aromatic nitrogens is 3. The maximum absolute atomic E-state index is 13.2. The van der Waals surface area contributed by atoms with Crippen LogP contribution in [-0.2, 0) is 20.9 Å². The molecule has 7 rings (SSSR count). The van der Waals surface area contributed by atoms with E-state index < -0.39 is 11.9 Å². The molecule has 1 unspecified atom stereocenters. The molecule has 3 aromatic rings. The molecule has 1 aromatic carbocycles. The van der Waals surface area contributed by atoms with Crippen molar-refractivity contribution in [3.8, 4) is 11.8 Å². The molecule has 0 saturated carbocycles. The zero-order valence-corrected chi connectivity index (χ0v) is 33.6. The maximum atomic E-state index is 13.2. The summed E-state index contributed by atoms with van der Waals surface area (Å²) in [7, 11) is 0. The topological polar surface area (TPSA) is 161 Å². The number of unbranched alkanes of at least 4 members (excludes halogenated alkanes) is 3. The zero-order chi connectivity index (χ0) is 41.0. The number of hydrogen-bond acceptors (Lipinski definition) is 10. The first kappa shape index (κ1) is 41.2. The van der Waals surface area contributed by atoms with Gasteiger partial charge in [-0.1, -0.05) is 36.8 Å². The van der Waals surface area contributed by atoms with E-state index in [-0.39, 0.29) is 30.0 Å². The number of carbonyl (C=O) groups excluding carboxylic acids is 5. The third kappa shape index (κ3) is 11.0. The van der Waals surface area contributed by atoms with Gasteiger partial charge in [-0.2, -0.15) is 0 Å². The minimum atomic E-state index is -0.635. The van der Waals surface area contributed by atoms with Gasteiger partial charge < -0.3 is 20.0 Å². The Labute approximate surface area is 345 Å². The van der Waals surface area contributed by atoms with Crippen LogP contribution in [0.2, 0.25) is 0 Å². The molecule has 1 atom stereocenters. The van der Waals surface area contributed by atoms with Gasteiger partial charge in [-0.05, 0) is 98.5 Å². The molecule has 5 amide bonds. The Morgan fingerprint density at radius 3 is 2.51 bits per heavy atom. The largest absolute Gasteiger partial charge is 0.353 e. The van der Waals surface area contributed by atoms with Crippen LogP contribution in [0.25, 0.3) is 6.08 Å². The minimum Gasteiger partial charge on any atom is -0.353 e. The number of hydrogen-bond donors (Lipinski definition) is 2. The number of piperidine rings is 2. The highest BCUT2D eigenvalue weighted by Crippen LogP contribution is 2.30. The normalized spacial score (nSPS) is 18.7. The van der Waals surface area contributed by atoms with Crippen molar-refractivity contribution in [2.75, 3.05) is 57.3 Å². The van der Waals surface area contributed by atoms with Gasteiger partial charge in [0.1, 0.15) is 6.04 Å². The standard InChI is InChI=1S/C45H53N9O5/c55-41(18-14-34-10-8-22-46-31-34)47-23-5-4-9-33-20-25-53(26-21-33)45(59)38-15-17-40(50-49-38)52-29-27-51(28-30-52)24-6-2-1-3-11-35-12-7-13-36-37(35)32-54(44(36)58)39-16-19-42(56)48-43(39)57/h7-8,10,12-15,17-18,22,31,33,39H,1-2,4-6,9,16,19-21,23-30,32H2,(H,47,55)(H,48,56,57)/b18-14+. The molecule has 59 heavy (non-hydrogen) atoms. The molecular formula is C45H53N9O5. The van der Waals surface area contributed by atoms with Gasteiger partial charge in [0, 0.05) is 94.8 Å². The van der Waals surface area contributed by atoms with Gasteiger partial charge in [-0.15, -0.1) is 10.2 Å². The summed E-state index contributed by atoms with van der Waals surface area (Å²) < 4.78 is 0. The van der Waals surface area contributed by atoms with Crippen molar-refractivity contribution in [2.45, 2.75) is 76.8 Å². The van der Waals surface area contributed by atoms with E-state index in [2.05, 4.69) is 47.5 Å². The number of pyridine rings is 1. The molecule has 0 bridgehead atoms. The Kier molecular flexibility index (Phi) is 14.1. The predicted octanol–water partition coefficient (Wildman–Crippen LogP) is 3.83. The van der Waals surface area contributed by atoms with Gasteiger partial charge in [0.2, 0.25) is 17.7 Å². The number of anilines is 1. The van der Waals surface area contributed by atoms with Crippen molar-refractivity contribution < 1.29 is 24.0 Å². The van der Waals surface area contributed by atoms with Crippen LogP contribution in [0.3, 0.4) is 0 Å². The highest BCUT2D eigenvalue weighted by molar-refractivity contribution is 6.05. The lowest BCUT2D eigenvalue weighted by Crippen LogP contribution is -2.52. The van der Waals surface area contributed by atoms with Crippen molar-refractivity contribution in [3.63, 3.8) is 0 Å². The molecule has 14 heteroatoms. The Morgan fingerprint density at radius 1 is 0.898 bits per heavy atom. The SMILES string of the molecule is O=C(/C=C/c1cccnc1)NCCCCC1CCN(C(=O)c2ccc(N3CCN(CCCCC#Cc4cccc5c4CN(C4CCC(=O)NC4=O)C5=O)CC3)nn2)CC1. The lowest BCUT2D eigenvalue weighted by Gasteiger charge is -2.35. The highest BCUT2D eigenvalue weighted by atomic mass is 16.2. The fourth-order valence-electron chi connectivity index (χ4n) is 8.28. The van der Waals surface area contributed by atoms with Crippen LogP contribution >= 0.6 is 0 Å². The predicted molar refractivity (Wildman–Crippen MR) is 223 cm³/mol. The lowest BCUT2D eigenvalue weighted by molar-refractivity contribution is -0.137. The second-order valence-corrected chi connectivity index (χ2v) is 15.7. The van der Waals surface area contributed by atoms with E-state index in [9.17, 15) is 24.0 Å². The summed E-state index contributed by atoms with van der Waals surface area (Å²) in [5.74, 6) is 6.89. The van der Waals surface area contributed by atoms with Crippen molar-refractivity contribution in [3.05, 3.63) is 88.9 Å². The molecule has 4 aliphatic heterocycles. The number of likely N-dealkylation sites (tertiary alicyclic amines) is 1. The van der Waals surface area contributed by atoms with Gasteiger partial charge in [0.05, 0.1) is 0 Å². The number of piperazine rings is 1. The van der Waals surface area contributed by atoms with Gasteiger partial charge in [-0.25, -0.2) is 0 Å². The smallest absolute Gasteiger partial charge is 0.274 e. The van der Waals surface area contributed by atoms with Crippen molar-refractivity contribution in [2.24, 2.45) is 5.92 Å². The second kappa shape index (κ2) is 20.2. The van der Waals surface area contributed by atoms with Crippen molar-refractivity contribution in [1.82, 2.24) is 40.5 Å². The first-order valence-electron chi connectivity index (χ1n) is 21.0. The van der Waals surface area contributed by atoms with Crippen LogP contribution in [0.15, 0.2) is 60.9 Å². The molecule has 4 aliphatic rings. The number of fused-ring (bicyclic) bond motifs is 1. The molecule has 0 aliphatic carbocycles. The van der Waals surface area contributed by atoms with Crippen LogP contribution < -0.4 is 15.5 Å². The fourth-order valence-corrected chi connectivity index (χ4v) is 8.28. The van der Waals surface area contributed by atoms with E-state index in [1.54, 1.807) is 41.6 Å². The molecule has 0 radical (unpaired) electrons. The summed E-state index contributed by atoms with van der Waals surface area (Å²) in [4.78, 5) is 74.6. The van der Waals surface area contributed by atoms with E-state index in [0.29, 0.717) is 36.7 Å². The Morgan fingerprint density at radius 2 is 1.75 bits per heavy atom. The zero-order valence-electron chi connectivity index (χ0n) is 33.6. The highest BCUT2D eigenvalue weighted by Gasteiger charge is 2.39. The third-order valence-electron chi connectivity index (χ3n) is 11.7. The minimum absolute atomic E-state index is 0.0572. The number of imide groups is 1. The van der Waals surface area contributed by atoms with Crippen LogP contribution in [0.4, 0.5) is 5.82 Å². The summed E-state index contributed by atoms with van der Waals surface area (Å²) in [6.45, 7) is 6.96. The van der Waals surface area contributed by atoms with Gasteiger partial charge in [0.25, 0.3) is 11.8 Å². The number of nitrogens with zero attached hydrogens (tertiary/aromatic N) is 7. The third-order valence-corrected chi connectivity index (χ3v) is 11.7. The van der Waals surface area contributed by atoms with E-state index in [1.807, 2.05) is 35.2 Å². The summed E-state index contributed by atoms with van der Waals surface area (Å²) in [5, 5.41) is 14.1. The van der Waals surface area contributed by atoms with E-state index in [1.165, 1.54) is 0 Å². The first-order valence-corrected chi connectivity index (χ1v) is 21.0. The Hall–Kier alpha value is -5.94. The average Bonchev–Trinajstić information content (AvgIpc) is 3.60. The first-order chi connectivity index (χ1) is 28.8. The molecule has 3 fully saturated rings. The van der Waals surface area contributed by atoms with Crippen LogP contribution in [-0.4, -0.2) is 118 Å². The second-order valence-electron chi connectivity index (χ2n) is 15.7. The van der Waals surface area contributed by atoms with Crippen molar-refractivity contribution in [1.29, 1.82) is 0 Å². The van der Waals surface area contributed by atoms with E-state index in [0.717, 1.165) is 120 Å². The fraction of sp³-hybridized carbons (Fsp3) is 0.467. The molecule has 14 nitrogen and oxygen atoms in total. The summed E-state index contributed by atoms with van der Waals surface area (Å²) in [5.41, 5.74) is 3.54. The Bertz CT molecular complexity index is 2060.